The normalized spacial score (nSPS) is 11.4. The summed E-state index contributed by atoms with van der Waals surface area (Å²) in [4.78, 5) is 12.8. The number of hydrazone groups is 1. The number of benzene rings is 3. The van der Waals surface area contributed by atoms with Gasteiger partial charge in [-0.1, -0.05) is 45.8 Å². The minimum atomic E-state index is -3.98. The van der Waals surface area contributed by atoms with Crippen molar-refractivity contribution in [3.8, 4) is 5.75 Å². The first-order valence-electron chi connectivity index (χ1n) is 10.0. The van der Waals surface area contributed by atoms with Crippen LogP contribution in [0.1, 0.15) is 16.7 Å². The van der Waals surface area contributed by atoms with E-state index >= 15 is 0 Å². The van der Waals surface area contributed by atoms with E-state index in [1.807, 2.05) is 26.0 Å². The van der Waals surface area contributed by atoms with Crippen LogP contribution in [0, 0.1) is 13.8 Å². The Kier molecular flexibility index (Phi) is 7.88. The summed E-state index contributed by atoms with van der Waals surface area (Å²) in [7, 11) is -2.45. The summed E-state index contributed by atoms with van der Waals surface area (Å²) in [5, 5.41) is 3.98. The van der Waals surface area contributed by atoms with E-state index in [2.05, 4.69) is 26.5 Å². The number of methoxy groups -OCH3 is 1. The average Bonchev–Trinajstić information content (AvgIpc) is 2.78. The van der Waals surface area contributed by atoms with Crippen molar-refractivity contribution in [1.29, 1.82) is 0 Å². The van der Waals surface area contributed by atoms with Gasteiger partial charge in [0, 0.05) is 10.0 Å². The number of sulfonamides is 1. The molecule has 9 heteroatoms. The molecule has 7 nitrogen and oxygen atoms in total. The molecule has 0 spiro atoms. The molecule has 0 saturated heterocycles. The highest BCUT2D eigenvalue weighted by Crippen LogP contribution is 2.25. The number of ether oxygens (including phenoxy) is 1. The van der Waals surface area contributed by atoms with Gasteiger partial charge in [0.15, 0.2) is 0 Å². The number of aryl methyl sites for hydroxylation is 2. The van der Waals surface area contributed by atoms with Gasteiger partial charge < -0.3 is 4.74 Å². The van der Waals surface area contributed by atoms with Crippen molar-refractivity contribution < 1.29 is 17.9 Å². The number of nitrogens with zero attached hydrogens (tertiary/aromatic N) is 2. The Morgan fingerprint density at radius 1 is 1.06 bits per heavy atom. The van der Waals surface area contributed by atoms with Crippen LogP contribution in [0.25, 0.3) is 0 Å². The van der Waals surface area contributed by atoms with Crippen LogP contribution in [-0.4, -0.2) is 34.2 Å². The van der Waals surface area contributed by atoms with E-state index in [0.717, 1.165) is 19.9 Å². The third-order valence-corrected chi connectivity index (χ3v) is 7.05. The number of hydrogen-bond donors (Lipinski definition) is 1. The molecular formula is C24H24BrN3O4S. The van der Waals surface area contributed by atoms with Gasteiger partial charge in [-0.05, 0) is 61.9 Å². The van der Waals surface area contributed by atoms with E-state index in [0.29, 0.717) is 17.0 Å². The Morgan fingerprint density at radius 3 is 2.45 bits per heavy atom. The van der Waals surface area contributed by atoms with E-state index in [1.165, 1.54) is 25.5 Å². The van der Waals surface area contributed by atoms with Gasteiger partial charge >= 0.3 is 0 Å². The summed E-state index contributed by atoms with van der Waals surface area (Å²) >= 11 is 3.38. The summed E-state index contributed by atoms with van der Waals surface area (Å²) < 4.78 is 34.0. The second-order valence-corrected chi connectivity index (χ2v) is 10.1. The largest absolute Gasteiger partial charge is 0.496 e. The summed E-state index contributed by atoms with van der Waals surface area (Å²) in [6.07, 6.45) is 1.44. The lowest BCUT2D eigenvalue weighted by Crippen LogP contribution is -2.39. The van der Waals surface area contributed by atoms with Gasteiger partial charge in [-0.25, -0.2) is 13.8 Å². The molecule has 172 valence electrons. The molecular weight excluding hydrogens is 506 g/mol. The molecule has 0 aromatic heterocycles. The second kappa shape index (κ2) is 10.6. The van der Waals surface area contributed by atoms with Gasteiger partial charge in [0.25, 0.3) is 15.9 Å². The van der Waals surface area contributed by atoms with Gasteiger partial charge in [-0.3, -0.25) is 9.10 Å². The molecule has 0 fully saturated rings. The maximum Gasteiger partial charge on any atom is 0.264 e. The van der Waals surface area contributed by atoms with Gasteiger partial charge in [-0.2, -0.15) is 5.10 Å². The summed E-state index contributed by atoms with van der Waals surface area (Å²) in [5.41, 5.74) is 5.25. The molecule has 0 bridgehead atoms. The summed E-state index contributed by atoms with van der Waals surface area (Å²) in [5.74, 6) is -0.00283. The Bertz CT molecular complexity index is 1280. The quantitative estimate of drug-likeness (QED) is 0.345. The zero-order valence-corrected chi connectivity index (χ0v) is 20.9. The van der Waals surface area contributed by atoms with Gasteiger partial charge in [0.05, 0.1) is 23.9 Å². The fraction of sp³-hybridized carbons (Fsp3) is 0.167. The highest BCUT2D eigenvalue weighted by molar-refractivity contribution is 9.10. The fourth-order valence-electron chi connectivity index (χ4n) is 3.08. The lowest BCUT2D eigenvalue weighted by Gasteiger charge is -2.24. The Morgan fingerprint density at radius 2 is 1.79 bits per heavy atom. The molecule has 0 saturated carbocycles. The van der Waals surface area contributed by atoms with E-state index < -0.39 is 22.5 Å². The summed E-state index contributed by atoms with van der Waals surface area (Å²) in [6.45, 7) is 3.29. The van der Waals surface area contributed by atoms with Gasteiger partial charge in [0.1, 0.15) is 12.3 Å². The highest BCUT2D eigenvalue weighted by Gasteiger charge is 2.27. The smallest absolute Gasteiger partial charge is 0.264 e. The second-order valence-electron chi connectivity index (χ2n) is 7.34. The number of amides is 1. The van der Waals surface area contributed by atoms with Crippen LogP contribution in [-0.2, 0) is 14.8 Å². The van der Waals surface area contributed by atoms with Crippen molar-refractivity contribution in [1.82, 2.24) is 5.43 Å². The standard InChI is InChI=1S/C24H24BrN3O4S/c1-17-7-10-22(11-8-17)33(30,31)28(21-6-4-5-18(2)13-21)16-24(29)27-26-15-19-14-20(25)9-12-23(19)32-3/h4-15H,16H2,1-3H3,(H,27,29)/b26-15-. The van der Waals surface area contributed by atoms with Crippen molar-refractivity contribution in [2.45, 2.75) is 18.7 Å². The van der Waals surface area contributed by atoms with Gasteiger partial charge in [-0.15, -0.1) is 0 Å². The number of rotatable bonds is 8. The Labute approximate surface area is 202 Å². The van der Waals surface area contributed by atoms with Crippen molar-refractivity contribution in [2.24, 2.45) is 5.10 Å². The predicted octanol–water partition coefficient (Wildman–Crippen LogP) is 4.42. The Hall–Kier alpha value is -3.17. The molecule has 1 N–H and O–H groups in total. The van der Waals surface area contributed by atoms with Crippen molar-refractivity contribution >= 4 is 43.8 Å². The first kappa shape index (κ1) is 24.5. The fourth-order valence-corrected chi connectivity index (χ4v) is 4.87. The van der Waals surface area contributed by atoms with Crippen LogP contribution >= 0.6 is 15.9 Å². The summed E-state index contributed by atoms with van der Waals surface area (Å²) in [6, 6.07) is 18.9. The van der Waals surface area contributed by atoms with Crippen LogP contribution in [0.2, 0.25) is 0 Å². The number of nitrogens with one attached hydrogen (secondary N) is 1. The molecule has 0 heterocycles. The van der Waals surface area contributed by atoms with Crippen LogP contribution in [0.3, 0.4) is 0 Å². The predicted molar refractivity (Wildman–Crippen MR) is 133 cm³/mol. The topological polar surface area (TPSA) is 88.1 Å². The first-order chi connectivity index (χ1) is 15.7. The monoisotopic (exact) mass is 529 g/mol. The minimum Gasteiger partial charge on any atom is -0.496 e. The molecule has 3 rings (SSSR count). The lowest BCUT2D eigenvalue weighted by molar-refractivity contribution is -0.119. The maximum absolute atomic E-state index is 13.4. The van der Waals surface area contributed by atoms with E-state index in [9.17, 15) is 13.2 Å². The number of hydrogen-bond acceptors (Lipinski definition) is 5. The zero-order chi connectivity index (χ0) is 24.0. The highest BCUT2D eigenvalue weighted by atomic mass is 79.9. The third kappa shape index (κ3) is 6.21. The molecule has 33 heavy (non-hydrogen) atoms. The van der Waals surface area contributed by atoms with Crippen LogP contribution in [0.15, 0.2) is 81.2 Å². The van der Waals surface area contributed by atoms with E-state index in [4.69, 9.17) is 4.74 Å². The SMILES string of the molecule is COc1ccc(Br)cc1/C=N\NC(=O)CN(c1cccc(C)c1)S(=O)(=O)c1ccc(C)cc1. The number of halogens is 1. The number of carbonyl (C=O) groups is 1. The first-order valence-corrected chi connectivity index (χ1v) is 12.3. The van der Waals surface area contributed by atoms with Crippen molar-refractivity contribution in [2.75, 3.05) is 18.0 Å². The minimum absolute atomic E-state index is 0.102. The molecule has 0 aliphatic carbocycles. The maximum atomic E-state index is 13.4. The number of carbonyl (C=O) groups excluding carboxylic acids is 1. The average molecular weight is 530 g/mol. The van der Waals surface area contributed by atoms with Crippen molar-refractivity contribution in [3.63, 3.8) is 0 Å². The van der Waals surface area contributed by atoms with E-state index in [-0.39, 0.29) is 4.90 Å². The molecule has 1 amide bonds. The molecule has 0 aliphatic rings. The van der Waals surface area contributed by atoms with Gasteiger partial charge in [0.2, 0.25) is 0 Å². The number of anilines is 1. The van der Waals surface area contributed by atoms with Crippen molar-refractivity contribution in [3.05, 3.63) is 87.9 Å². The zero-order valence-electron chi connectivity index (χ0n) is 18.4. The molecule has 3 aromatic carbocycles. The molecule has 3 aromatic rings. The van der Waals surface area contributed by atoms with Crippen LogP contribution < -0.4 is 14.5 Å². The third-order valence-electron chi connectivity index (χ3n) is 4.77. The molecule has 0 radical (unpaired) electrons. The van der Waals surface area contributed by atoms with E-state index in [1.54, 1.807) is 42.5 Å². The molecule has 0 unspecified atom stereocenters. The molecule has 0 aliphatic heterocycles. The van der Waals surface area contributed by atoms with Crippen LogP contribution in [0.4, 0.5) is 5.69 Å². The lowest BCUT2D eigenvalue weighted by atomic mass is 10.2. The Balaban J connectivity index is 1.85. The molecule has 0 atom stereocenters. The van der Waals surface area contributed by atoms with Crippen LogP contribution in [0.5, 0.6) is 5.75 Å².